The van der Waals surface area contributed by atoms with Crippen molar-refractivity contribution >= 4 is 107 Å². The van der Waals surface area contributed by atoms with E-state index < -0.39 is 7.12 Å². The van der Waals surface area contributed by atoms with Crippen molar-refractivity contribution in [2.75, 3.05) is 105 Å². The zero-order chi connectivity index (χ0) is 71.8. The van der Waals surface area contributed by atoms with Crippen LogP contribution in [-0.4, -0.2) is 184 Å². The van der Waals surface area contributed by atoms with Crippen LogP contribution in [0.5, 0.6) is 11.5 Å². The summed E-state index contributed by atoms with van der Waals surface area (Å²) >= 11 is 9.75. The maximum atomic E-state index is 11.9. The molecule has 0 amide bonds. The molecule has 0 spiro atoms. The first-order valence-electron chi connectivity index (χ1n) is 32.8. The van der Waals surface area contributed by atoms with E-state index in [1.165, 1.54) is 58.5 Å². The average molecular weight is 1540 g/mol. The highest BCUT2D eigenvalue weighted by Gasteiger charge is 2.34. The van der Waals surface area contributed by atoms with Gasteiger partial charge in [-0.1, -0.05) is 139 Å². The van der Waals surface area contributed by atoms with Crippen LogP contribution in [0.3, 0.4) is 0 Å². The van der Waals surface area contributed by atoms with E-state index in [1.807, 2.05) is 103 Å². The minimum Gasteiger partial charge on any atom is -0.507 e. The lowest BCUT2D eigenvalue weighted by Gasteiger charge is -2.33. The number of ketones is 2. The number of fused-ring (bicyclic) bond motifs is 1. The zero-order valence-corrected chi connectivity index (χ0v) is 62.8. The molecule has 99 heavy (non-hydrogen) atoms. The molecule has 23 heteroatoms. The summed E-state index contributed by atoms with van der Waals surface area (Å²) < 4.78 is 19.3. The van der Waals surface area contributed by atoms with E-state index >= 15 is 0 Å². The number of Topliss-reactive ketones (excluding diaryl/α,β-unsaturated/α-hetero) is 2. The van der Waals surface area contributed by atoms with Crippen molar-refractivity contribution in [2.45, 2.75) is 65.1 Å². The second kappa shape index (κ2) is 39.0. The standard InChI is InChI=1S/C16H26BN3O2.C15H9BrO2.C14H12O2.C11H16BrN3.C8H7BrO2.C6H7BO2.C6H14N2/c1-16(2)11-21-17(22-12-16)13-5-6-15(18-9-13)20-8-7-14(10-20)19(3)4;16-13-9-18-14-8-11(6-7-12(14)15(13)17)10-4-2-1-3-5-10;1-10(15)13-8-7-12(9-14(13)16)11-5-3-2-4-6-11;1-14(2)10-5-6-15(8-10)11-4-3-9(12)7-13-11;1-5(10)7-3-2-6(9)4-8(7)11;8-7(9)6-4-2-1-3-5-6;1-8(2)6-3-4-7-5-6/h5-6,9,14H,7-8,10-12H2,1-4H3;1-9H;2-9,16H,1H3;3-4,7,10H,5-6,8H2,1-2H3;2-4,11H,1H3;1-5,8-9H;6-7H,3-5H2,1-2H3/t14-;;;10-;;;6-/m0..0..0/s1. The minimum atomic E-state index is -1.34. The first-order chi connectivity index (χ1) is 47.3. The first kappa shape index (κ1) is 79.0. The van der Waals surface area contributed by atoms with E-state index in [1.54, 1.807) is 54.6 Å². The molecule has 5 N–H and O–H groups in total. The quantitative estimate of drug-likeness (QED) is 0.0601. The molecule has 6 aromatic carbocycles. The summed E-state index contributed by atoms with van der Waals surface area (Å²) in [7, 11) is 11.2. The van der Waals surface area contributed by atoms with Gasteiger partial charge < -0.3 is 63.8 Å². The molecule has 0 unspecified atom stereocenters. The fourth-order valence-corrected chi connectivity index (χ4v) is 11.9. The molecule has 7 heterocycles. The average Bonchev–Trinajstić information content (AvgIpc) is 1.56. The highest BCUT2D eigenvalue weighted by molar-refractivity contribution is 9.11. The normalized spacial score (nSPS) is 16.7. The molecule has 3 aromatic heterocycles. The third kappa shape index (κ3) is 24.7. The second-order valence-electron chi connectivity index (χ2n) is 25.9. The molecule has 0 bridgehead atoms. The van der Waals surface area contributed by atoms with Crippen molar-refractivity contribution in [1.29, 1.82) is 0 Å². The minimum absolute atomic E-state index is 0.0203. The van der Waals surface area contributed by atoms with Gasteiger partial charge in [0.2, 0.25) is 5.43 Å². The van der Waals surface area contributed by atoms with Gasteiger partial charge in [0, 0.05) is 96.3 Å². The van der Waals surface area contributed by atoms with Gasteiger partial charge in [-0.3, -0.25) is 14.4 Å². The topological polar surface area (TPSA) is 218 Å². The number of aromatic nitrogens is 2. The Hall–Kier alpha value is -7.38. The summed E-state index contributed by atoms with van der Waals surface area (Å²) in [5.41, 5.74) is 6.96. The number of likely N-dealkylation sites (N-methyl/N-ethyl adjacent to an activating group) is 3. The molecule has 18 nitrogen and oxygen atoms in total. The zero-order valence-electron chi connectivity index (χ0n) is 58.1. The molecular formula is C76H91B2Br3N8O10. The predicted molar refractivity (Wildman–Crippen MR) is 412 cm³/mol. The summed E-state index contributed by atoms with van der Waals surface area (Å²) in [6.45, 7) is 15.3. The Morgan fingerprint density at radius 2 is 1.07 bits per heavy atom. The van der Waals surface area contributed by atoms with Gasteiger partial charge in [0.05, 0.1) is 16.5 Å². The van der Waals surface area contributed by atoms with Crippen molar-refractivity contribution in [2.24, 2.45) is 5.41 Å². The van der Waals surface area contributed by atoms with Gasteiger partial charge in [0.15, 0.2) is 11.6 Å². The molecule has 9 aromatic rings. The van der Waals surface area contributed by atoms with Crippen LogP contribution in [-0.2, 0) is 9.31 Å². The Morgan fingerprint density at radius 1 is 0.586 bits per heavy atom. The lowest BCUT2D eigenvalue weighted by atomic mass is 9.77. The number of aromatic hydroxyl groups is 2. The lowest BCUT2D eigenvalue weighted by molar-refractivity contribution is 0.0343. The van der Waals surface area contributed by atoms with Gasteiger partial charge in [0.1, 0.15) is 39.5 Å². The monoisotopic (exact) mass is 1530 g/mol. The maximum Gasteiger partial charge on any atom is 0.495 e. The summed E-state index contributed by atoms with van der Waals surface area (Å²) in [4.78, 5) is 54.4. The van der Waals surface area contributed by atoms with Crippen LogP contribution in [0.15, 0.2) is 211 Å². The summed E-state index contributed by atoms with van der Waals surface area (Å²) in [6, 6.07) is 54.3. The molecule has 13 rings (SSSR count). The number of phenolic OH excluding ortho intramolecular Hbond substituents is 2. The third-order valence-corrected chi connectivity index (χ3v) is 18.5. The molecule has 522 valence electrons. The maximum absolute atomic E-state index is 11.9. The van der Waals surface area contributed by atoms with Crippen LogP contribution in [0.25, 0.3) is 33.2 Å². The van der Waals surface area contributed by atoms with Gasteiger partial charge in [-0.2, -0.15) is 0 Å². The molecule has 4 fully saturated rings. The van der Waals surface area contributed by atoms with Crippen LogP contribution in [0.1, 0.15) is 67.7 Å². The third-order valence-electron chi connectivity index (χ3n) is 17.0. The van der Waals surface area contributed by atoms with Gasteiger partial charge in [0.25, 0.3) is 0 Å². The molecule has 4 aliphatic heterocycles. The van der Waals surface area contributed by atoms with E-state index in [2.05, 4.69) is 162 Å². The van der Waals surface area contributed by atoms with E-state index in [4.69, 9.17) is 23.8 Å². The number of halogens is 3. The molecule has 0 radical (unpaired) electrons. The highest BCUT2D eigenvalue weighted by Crippen LogP contribution is 2.29. The van der Waals surface area contributed by atoms with Crippen molar-refractivity contribution in [3.05, 3.63) is 223 Å². The number of rotatable bonds is 11. The summed E-state index contributed by atoms with van der Waals surface area (Å²) in [5, 5.41) is 40.0. The number of nitrogens with one attached hydrogen (secondary N) is 1. The van der Waals surface area contributed by atoms with Gasteiger partial charge >= 0.3 is 14.2 Å². The van der Waals surface area contributed by atoms with E-state index in [-0.39, 0.29) is 41.0 Å². The number of hydrogen-bond acceptors (Lipinski definition) is 18. The molecule has 0 aliphatic carbocycles. The van der Waals surface area contributed by atoms with Crippen LogP contribution in [0.2, 0.25) is 0 Å². The Bertz CT molecular complexity index is 4000. The number of carbonyl (C=O) groups is 2. The number of phenols is 2. The highest BCUT2D eigenvalue weighted by atomic mass is 79.9. The molecule has 4 saturated heterocycles. The summed E-state index contributed by atoms with van der Waals surface area (Å²) in [5.74, 6) is 1.93. The van der Waals surface area contributed by atoms with Crippen molar-refractivity contribution in [1.82, 2.24) is 30.0 Å². The SMILES string of the molecule is CC(=O)c1ccc(-c2ccccc2)cc1O.CC(=O)c1ccc(Br)cc1O.CN(C)[C@H]1CCN(c2ccc(B3OCC(C)(C)CO3)cn2)C1.CN(C)[C@H]1CCN(c2ccc(Br)cn2)C1.CN(C)[C@H]1CCNC1.O=c1c(Br)coc2cc(-c3ccccc3)ccc12.OB(O)c1ccccc1. The number of benzene rings is 6. The Labute approximate surface area is 608 Å². The predicted octanol–water partition coefficient (Wildman–Crippen LogP) is 12.1. The number of pyridine rings is 2. The molecule has 4 aliphatic rings. The van der Waals surface area contributed by atoms with Crippen molar-refractivity contribution < 1.29 is 43.6 Å². The Morgan fingerprint density at radius 3 is 1.49 bits per heavy atom. The van der Waals surface area contributed by atoms with E-state index in [0.717, 1.165) is 93.7 Å². The fraction of sp³-hybridized carbons (Fsp3) is 0.329. The van der Waals surface area contributed by atoms with E-state index in [0.29, 0.717) is 44.1 Å². The smallest absolute Gasteiger partial charge is 0.495 e. The van der Waals surface area contributed by atoms with Crippen LogP contribution in [0.4, 0.5) is 11.6 Å². The second-order valence-corrected chi connectivity index (χ2v) is 28.5. The number of hydrogen-bond donors (Lipinski definition) is 5. The number of anilines is 2. The van der Waals surface area contributed by atoms with Gasteiger partial charge in [-0.05, 0) is 202 Å². The van der Waals surface area contributed by atoms with E-state index in [9.17, 15) is 24.6 Å². The van der Waals surface area contributed by atoms with Crippen LogP contribution < -0.4 is 31.5 Å². The van der Waals surface area contributed by atoms with Crippen LogP contribution in [0, 0.1) is 5.41 Å². The number of nitrogens with zero attached hydrogens (tertiary/aromatic N) is 7. The number of carbonyl (C=O) groups excluding carboxylic acids is 2. The molecule has 3 atom stereocenters. The Kier molecular flexibility index (Phi) is 31.1. The van der Waals surface area contributed by atoms with Crippen molar-refractivity contribution in [3.8, 4) is 33.8 Å². The lowest BCUT2D eigenvalue weighted by Crippen LogP contribution is -2.47. The Balaban J connectivity index is 0.000000166. The van der Waals surface area contributed by atoms with Gasteiger partial charge in [-0.25, -0.2) is 9.97 Å². The first-order valence-corrected chi connectivity index (χ1v) is 35.2. The molecule has 0 saturated carbocycles. The fourth-order valence-electron chi connectivity index (χ4n) is 11.0. The largest absolute Gasteiger partial charge is 0.507 e. The molecular weight excluding hydrogens is 1450 g/mol. The summed E-state index contributed by atoms with van der Waals surface area (Å²) in [6.07, 6.45) is 8.91. The van der Waals surface area contributed by atoms with Crippen LogP contribution >= 0.6 is 47.8 Å². The van der Waals surface area contributed by atoms with Crippen molar-refractivity contribution in [3.63, 3.8) is 0 Å². The van der Waals surface area contributed by atoms with Gasteiger partial charge in [-0.15, -0.1) is 0 Å².